The van der Waals surface area contributed by atoms with Crippen LogP contribution >= 0.6 is 0 Å². The fraction of sp³-hybridized carbons (Fsp3) is 0.125. The smallest absolute Gasteiger partial charge is 0.433 e. The number of carboxylic acid groups (broad SMARTS) is 1. The summed E-state index contributed by atoms with van der Waals surface area (Å²) in [6.45, 7) is -0.224. The predicted molar refractivity (Wildman–Crippen MR) is 77.2 cm³/mol. The van der Waals surface area contributed by atoms with Crippen LogP contribution in [0.1, 0.15) is 21.7 Å². The molecule has 0 saturated heterocycles. The van der Waals surface area contributed by atoms with Gasteiger partial charge in [0.25, 0.3) is 0 Å². The van der Waals surface area contributed by atoms with E-state index < -0.39 is 17.8 Å². The summed E-state index contributed by atoms with van der Waals surface area (Å²) in [5.74, 6) is -1.20. The fourth-order valence-electron chi connectivity index (χ4n) is 2.55. The number of aromatic nitrogens is 2. The van der Waals surface area contributed by atoms with E-state index in [1.54, 1.807) is 24.3 Å². The SMILES string of the molecule is O=C(O)c1cc2ccccc2n1Cc1cccnc1C(F)(F)F. The molecule has 4 nitrogen and oxygen atoms in total. The number of hydrogen-bond donors (Lipinski definition) is 1. The molecule has 2 aromatic heterocycles. The molecule has 1 aromatic carbocycles. The Labute approximate surface area is 128 Å². The van der Waals surface area contributed by atoms with Crippen molar-refractivity contribution in [1.82, 2.24) is 9.55 Å². The standard InChI is InChI=1S/C16H11F3N2O2/c17-16(18,19)14-11(5-3-7-20-14)9-21-12-6-2-1-4-10(12)8-13(21)15(22)23/h1-8H,9H2,(H,22,23). The molecule has 0 fully saturated rings. The van der Waals surface area contributed by atoms with Gasteiger partial charge in [-0.05, 0) is 18.2 Å². The molecule has 0 radical (unpaired) electrons. The predicted octanol–water partition coefficient (Wildman–Crippen LogP) is 3.80. The van der Waals surface area contributed by atoms with Gasteiger partial charge in [-0.1, -0.05) is 24.3 Å². The Balaban J connectivity index is 2.16. The lowest BCUT2D eigenvalue weighted by Gasteiger charge is -2.14. The summed E-state index contributed by atoms with van der Waals surface area (Å²) < 4.78 is 40.5. The molecule has 23 heavy (non-hydrogen) atoms. The normalized spacial score (nSPS) is 11.8. The third-order valence-electron chi connectivity index (χ3n) is 3.52. The minimum absolute atomic E-state index is 0.0665. The highest BCUT2D eigenvalue weighted by Crippen LogP contribution is 2.31. The maximum atomic E-state index is 13.1. The van der Waals surface area contributed by atoms with Crippen LogP contribution in [0.15, 0.2) is 48.7 Å². The number of alkyl halides is 3. The first-order chi connectivity index (χ1) is 10.9. The highest BCUT2D eigenvalue weighted by molar-refractivity contribution is 5.94. The van der Waals surface area contributed by atoms with Crippen molar-refractivity contribution < 1.29 is 23.1 Å². The number of fused-ring (bicyclic) bond motifs is 1. The monoisotopic (exact) mass is 320 g/mol. The molecule has 2 heterocycles. The number of benzene rings is 1. The van der Waals surface area contributed by atoms with Crippen LogP contribution in [-0.2, 0) is 12.7 Å². The first-order valence-corrected chi connectivity index (χ1v) is 6.70. The molecule has 0 bridgehead atoms. The molecular formula is C16H11F3N2O2. The Morgan fingerprint density at radius 2 is 1.91 bits per heavy atom. The van der Waals surface area contributed by atoms with Gasteiger partial charge in [-0.3, -0.25) is 4.98 Å². The zero-order chi connectivity index (χ0) is 16.6. The second-order valence-electron chi connectivity index (χ2n) is 4.99. The van der Waals surface area contributed by atoms with Gasteiger partial charge in [-0.15, -0.1) is 0 Å². The van der Waals surface area contributed by atoms with Gasteiger partial charge in [0.15, 0.2) is 0 Å². The zero-order valence-electron chi connectivity index (χ0n) is 11.7. The lowest BCUT2D eigenvalue weighted by atomic mass is 10.2. The number of para-hydroxylation sites is 1. The maximum Gasteiger partial charge on any atom is 0.433 e. The Kier molecular flexibility index (Phi) is 3.55. The van der Waals surface area contributed by atoms with Crippen LogP contribution in [0.5, 0.6) is 0 Å². The second kappa shape index (κ2) is 5.42. The molecule has 118 valence electrons. The van der Waals surface area contributed by atoms with Crippen LogP contribution in [-0.4, -0.2) is 20.6 Å². The molecular weight excluding hydrogens is 309 g/mol. The number of rotatable bonds is 3. The molecule has 3 rings (SSSR count). The van der Waals surface area contributed by atoms with Crippen molar-refractivity contribution in [3.8, 4) is 0 Å². The van der Waals surface area contributed by atoms with Crippen molar-refractivity contribution in [2.75, 3.05) is 0 Å². The largest absolute Gasteiger partial charge is 0.477 e. The van der Waals surface area contributed by atoms with Crippen molar-refractivity contribution in [3.63, 3.8) is 0 Å². The van der Waals surface area contributed by atoms with Gasteiger partial charge in [0.1, 0.15) is 11.4 Å². The maximum absolute atomic E-state index is 13.1. The number of halogens is 3. The highest BCUT2D eigenvalue weighted by atomic mass is 19.4. The van der Waals surface area contributed by atoms with Crippen LogP contribution in [0.2, 0.25) is 0 Å². The first-order valence-electron chi connectivity index (χ1n) is 6.70. The number of pyridine rings is 1. The zero-order valence-corrected chi connectivity index (χ0v) is 11.7. The van der Waals surface area contributed by atoms with E-state index >= 15 is 0 Å². The first kappa shape index (κ1) is 15.1. The van der Waals surface area contributed by atoms with Gasteiger partial charge in [-0.2, -0.15) is 13.2 Å². The molecule has 0 aliphatic carbocycles. The van der Waals surface area contributed by atoms with Crippen molar-refractivity contribution in [3.05, 3.63) is 65.6 Å². The van der Waals surface area contributed by atoms with Gasteiger partial charge < -0.3 is 9.67 Å². The van der Waals surface area contributed by atoms with E-state index in [1.807, 2.05) is 0 Å². The summed E-state index contributed by atoms with van der Waals surface area (Å²) in [5.41, 5.74) is -0.594. The minimum atomic E-state index is -4.59. The summed E-state index contributed by atoms with van der Waals surface area (Å²) in [6, 6.07) is 11.0. The van der Waals surface area contributed by atoms with Crippen LogP contribution < -0.4 is 0 Å². The summed E-state index contributed by atoms with van der Waals surface area (Å²) >= 11 is 0. The molecule has 1 N–H and O–H groups in total. The van der Waals surface area contributed by atoms with Gasteiger partial charge in [-0.25, -0.2) is 4.79 Å². The fourth-order valence-corrected chi connectivity index (χ4v) is 2.55. The van der Waals surface area contributed by atoms with Gasteiger partial charge >= 0.3 is 12.1 Å². The van der Waals surface area contributed by atoms with Crippen LogP contribution in [0, 0.1) is 0 Å². The average molecular weight is 320 g/mol. The molecule has 0 unspecified atom stereocenters. The molecule has 0 aliphatic heterocycles. The van der Waals surface area contributed by atoms with Crippen molar-refractivity contribution in [1.29, 1.82) is 0 Å². The van der Waals surface area contributed by atoms with Gasteiger partial charge in [0.2, 0.25) is 0 Å². The number of nitrogens with zero attached hydrogens (tertiary/aromatic N) is 2. The van der Waals surface area contributed by atoms with Gasteiger partial charge in [0.05, 0.1) is 6.54 Å². The van der Waals surface area contributed by atoms with E-state index in [2.05, 4.69) is 4.98 Å². The molecule has 0 spiro atoms. The molecule has 7 heteroatoms. The van der Waals surface area contributed by atoms with E-state index in [-0.39, 0.29) is 17.8 Å². The quantitative estimate of drug-likeness (QED) is 0.798. The summed E-state index contributed by atoms with van der Waals surface area (Å²) in [5, 5.41) is 9.97. The summed E-state index contributed by atoms with van der Waals surface area (Å²) in [7, 11) is 0. The van der Waals surface area contributed by atoms with E-state index in [0.717, 1.165) is 6.20 Å². The van der Waals surface area contributed by atoms with Crippen LogP contribution in [0.3, 0.4) is 0 Å². The van der Waals surface area contributed by atoms with Crippen LogP contribution in [0.4, 0.5) is 13.2 Å². The number of hydrogen-bond acceptors (Lipinski definition) is 2. The molecule has 0 amide bonds. The van der Waals surface area contributed by atoms with E-state index in [9.17, 15) is 23.1 Å². The van der Waals surface area contributed by atoms with E-state index in [0.29, 0.717) is 10.9 Å². The number of aromatic carboxylic acids is 1. The average Bonchev–Trinajstić information content (AvgIpc) is 2.86. The lowest BCUT2D eigenvalue weighted by Crippen LogP contribution is -2.16. The Hall–Kier alpha value is -2.83. The molecule has 3 aromatic rings. The molecule has 0 atom stereocenters. The third-order valence-corrected chi connectivity index (χ3v) is 3.52. The third kappa shape index (κ3) is 2.77. The highest BCUT2D eigenvalue weighted by Gasteiger charge is 2.35. The minimum Gasteiger partial charge on any atom is -0.477 e. The number of carboxylic acids is 1. The van der Waals surface area contributed by atoms with Crippen molar-refractivity contribution in [2.24, 2.45) is 0 Å². The molecule has 0 saturated carbocycles. The van der Waals surface area contributed by atoms with Gasteiger partial charge in [0, 0.05) is 22.7 Å². The Bertz CT molecular complexity index is 884. The molecule has 0 aliphatic rings. The topological polar surface area (TPSA) is 55.1 Å². The summed E-state index contributed by atoms with van der Waals surface area (Å²) in [4.78, 5) is 14.8. The Morgan fingerprint density at radius 1 is 1.17 bits per heavy atom. The van der Waals surface area contributed by atoms with Crippen molar-refractivity contribution >= 4 is 16.9 Å². The Morgan fingerprint density at radius 3 is 2.61 bits per heavy atom. The van der Waals surface area contributed by atoms with E-state index in [4.69, 9.17) is 0 Å². The lowest BCUT2D eigenvalue weighted by molar-refractivity contribution is -0.141. The summed E-state index contributed by atoms with van der Waals surface area (Å²) in [6.07, 6.45) is -3.53. The second-order valence-corrected chi connectivity index (χ2v) is 4.99. The van der Waals surface area contributed by atoms with Crippen molar-refractivity contribution in [2.45, 2.75) is 12.7 Å². The van der Waals surface area contributed by atoms with Crippen LogP contribution in [0.25, 0.3) is 10.9 Å². The van der Waals surface area contributed by atoms with E-state index in [1.165, 1.54) is 22.8 Å². The number of carbonyl (C=O) groups is 1.